The summed E-state index contributed by atoms with van der Waals surface area (Å²) < 4.78 is 17.1. The highest BCUT2D eigenvalue weighted by molar-refractivity contribution is 6.04. The van der Waals surface area contributed by atoms with Gasteiger partial charge in [0.1, 0.15) is 12.2 Å². The van der Waals surface area contributed by atoms with Crippen molar-refractivity contribution in [1.82, 2.24) is 4.48 Å². The summed E-state index contributed by atoms with van der Waals surface area (Å²) in [6.45, 7) is 0.824. The van der Waals surface area contributed by atoms with Crippen LogP contribution >= 0.6 is 0 Å². The molecule has 0 amide bonds. The molecule has 0 fully saturated rings. The predicted octanol–water partition coefficient (Wildman–Crippen LogP) is 4.32. The van der Waals surface area contributed by atoms with Gasteiger partial charge in [0.2, 0.25) is 0 Å². The second-order valence-electron chi connectivity index (χ2n) is 7.41. The second kappa shape index (κ2) is 6.06. The molecule has 4 rings (SSSR count). The highest BCUT2D eigenvalue weighted by Gasteiger charge is 2.34. The van der Waals surface area contributed by atoms with Crippen molar-refractivity contribution in [3.63, 3.8) is 0 Å². The maximum Gasteiger partial charge on any atom is 0.161 e. The molecule has 1 aliphatic rings. The van der Waals surface area contributed by atoms with Crippen LogP contribution < -0.4 is 18.7 Å². The SMILES string of the molecule is COc1cc2c3c(ccc2cc1O)-c1cc(OC)c(OC)cc1C[N+]3(C)C. The number of methoxy groups -OCH3 is 3. The van der Waals surface area contributed by atoms with Gasteiger partial charge in [-0.05, 0) is 35.7 Å². The van der Waals surface area contributed by atoms with Crippen molar-refractivity contribution in [2.24, 2.45) is 0 Å². The topological polar surface area (TPSA) is 47.9 Å². The van der Waals surface area contributed by atoms with Gasteiger partial charge in [-0.3, -0.25) is 4.48 Å². The van der Waals surface area contributed by atoms with E-state index in [2.05, 4.69) is 32.3 Å². The minimum atomic E-state index is 0.151. The zero-order valence-corrected chi connectivity index (χ0v) is 16.3. The molecule has 27 heavy (non-hydrogen) atoms. The van der Waals surface area contributed by atoms with Crippen LogP contribution in [0.15, 0.2) is 36.4 Å². The quantitative estimate of drug-likeness (QED) is 0.702. The Bertz CT molecular complexity index is 1060. The third-order valence-electron chi connectivity index (χ3n) is 5.36. The summed E-state index contributed by atoms with van der Waals surface area (Å²) >= 11 is 0. The normalized spacial score (nSPS) is 14.4. The summed E-state index contributed by atoms with van der Waals surface area (Å²) in [5.41, 5.74) is 4.72. The molecule has 5 heteroatoms. The molecule has 1 aliphatic heterocycles. The van der Waals surface area contributed by atoms with Crippen molar-refractivity contribution in [3.8, 4) is 34.1 Å². The third-order valence-corrected chi connectivity index (χ3v) is 5.36. The number of hydrogen-bond donors (Lipinski definition) is 1. The van der Waals surface area contributed by atoms with Crippen molar-refractivity contribution in [3.05, 3.63) is 42.0 Å². The Morgan fingerprint density at radius 1 is 0.815 bits per heavy atom. The van der Waals surface area contributed by atoms with Crippen LogP contribution in [0.3, 0.4) is 0 Å². The first kappa shape index (κ1) is 17.5. The molecular weight excluding hydrogens is 342 g/mol. The Morgan fingerprint density at radius 3 is 2.15 bits per heavy atom. The molecule has 140 valence electrons. The standard InChI is InChI=1S/C22H23NO4/c1-23(2)12-14-9-20(26-4)21(27-5)10-16(14)15-7-6-13-8-18(24)19(25-3)11-17(13)22(15)23/h6-11H,12H2,1-5H3/p+1. The van der Waals surface area contributed by atoms with Gasteiger partial charge in [0, 0.05) is 22.1 Å². The molecule has 0 bridgehead atoms. The van der Waals surface area contributed by atoms with Gasteiger partial charge in [-0.25, -0.2) is 0 Å². The van der Waals surface area contributed by atoms with Gasteiger partial charge in [0.05, 0.1) is 35.4 Å². The molecule has 0 aromatic heterocycles. The van der Waals surface area contributed by atoms with E-state index >= 15 is 0 Å². The number of hydrogen-bond acceptors (Lipinski definition) is 4. The second-order valence-corrected chi connectivity index (χ2v) is 7.41. The maximum atomic E-state index is 10.2. The Balaban J connectivity index is 2.07. The highest BCUT2D eigenvalue weighted by atomic mass is 16.5. The summed E-state index contributed by atoms with van der Waals surface area (Å²) in [5.74, 6) is 2.09. The third kappa shape index (κ3) is 2.58. The Hall–Kier alpha value is -2.92. The van der Waals surface area contributed by atoms with E-state index in [9.17, 15) is 5.11 Å². The first-order chi connectivity index (χ1) is 12.9. The molecule has 0 atom stereocenters. The molecule has 0 spiro atoms. The summed E-state index contributed by atoms with van der Waals surface area (Å²) in [4.78, 5) is 0. The van der Waals surface area contributed by atoms with Crippen molar-refractivity contribution < 1.29 is 19.3 Å². The predicted molar refractivity (Wildman–Crippen MR) is 108 cm³/mol. The summed E-state index contributed by atoms with van der Waals surface area (Å²) in [5, 5.41) is 12.2. The lowest BCUT2D eigenvalue weighted by Crippen LogP contribution is -2.42. The van der Waals surface area contributed by atoms with Crippen molar-refractivity contribution >= 4 is 16.5 Å². The molecule has 5 nitrogen and oxygen atoms in total. The van der Waals surface area contributed by atoms with Crippen LogP contribution in [0.1, 0.15) is 5.56 Å². The summed E-state index contributed by atoms with van der Waals surface area (Å²) in [6.07, 6.45) is 0. The Morgan fingerprint density at radius 2 is 1.48 bits per heavy atom. The lowest BCUT2D eigenvalue weighted by molar-refractivity contribution is 0.351. The molecule has 1 N–H and O–H groups in total. The van der Waals surface area contributed by atoms with Crippen LogP contribution in [-0.2, 0) is 6.54 Å². The van der Waals surface area contributed by atoms with Crippen LogP contribution in [0, 0.1) is 0 Å². The number of ether oxygens (including phenoxy) is 3. The molecule has 0 saturated heterocycles. The van der Waals surface area contributed by atoms with E-state index in [1.807, 2.05) is 12.1 Å². The monoisotopic (exact) mass is 366 g/mol. The Labute approximate surface area is 158 Å². The van der Waals surface area contributed by atoms with E-state index in [1.54, 1.807) is 27.4 Å². The van der Waals surface area contributed by atoms with Crippen LogP contribution in [0.4, 0.5) is 5.69 Å². The van der Waals surface area contributed by atoms with Gasteiger partial charge < -0.3 is 19.3 Å². The maximum absolute atomic E-state index is 10.2. The van der Waals surface area contributed by atoms with Gasteiger partial charge >= 0.3 is 0 Å². The van der Waals surface area contributed by atoms with E-state index in [1.165, 1.54) is 11.3 Å². The molecule has 0 saturated carbocycles. The van der Waals surface area contributed by atoms with E-state index in [4.69, 9.17) is 14.2 Å². The summed E-state index contributed by atoms with van der Waals surface area (Å²) in [6, 6.07) is 12.0. The van der Waals surface area contributed by atoms with Gasteiger partial charge in [-0.2, -0.15) is 0 Å². The van der Waals surface area contributed by atoms with Crippen LogP contribution in [0.2, 0.25) is 0 Å². The van der Waals surface area contributed by atoms with E-state index in [-0.39, 0.29) is 5.75 Å². The minimum absolute atomic E-state index is 0.151. The lowest BCUT2D eigenvalue weighted by Gasteiger charge is -2.37. The molecule has 0 aliphatic carbocycles. The first-order valence-corrected chi connectivity index (χ1v) is 8.82. The van der Waals surface area contributed by atoms with Crippen molar-refractivity contribution in [1.29, 1.82) is 0 Å². The largest absolute Gasteiger partial charge is 0.504 e. The van der Waals surface area contributed by atoms with Crippen molar-refractivity contribution in [2.75, 3.05) is 35.4 Å². The molecule has 3 aromatic rings. The fraction of sp³-hybridized carbons (Fsp3) is 0.273. The first-order valence-electron chi connectivity index (χ1n) is 8.82. The number of rotatable bonds is 3. The van der Waals surface area contributed by atoms with Crippen LogP contribution in [0.5, 0.6) is 23.0 Å². The van der Waals surface area contributed by atoms with Crippen LogP contribution in [-0.4, -0.2) is 40.5 Å². The number of phenolic OH excluding ortho intramolecular Hbond substituents is 1. The highest BCUT2D eigenvalue weighted by Crippen LogP contribution is 2.49. The van der Waals surface area contributed by atoms with Gasteiger partial charge in [0.15, 0.2) is 23.0 Å². The zero-order valence-electron chi connectivity index (χ0n) is 16.3. The average Bonchev–Trinajstić information content (AvgIpc) is 2.65. The number of benzene rings is 3. The average molecular weight is 366 g/mol. The number of fused-ring (bicyclic) bond motifs is 5. The molecule has 0 radical (unpaired) electrons. The molecule has 3 aromatic carbocycles. The fourth-order valence-corrected chi connectivity index (χ4v) is 4.17. The van der Waals surface area contributed by atoms with E-state index in [0.717, 1.165) is 39.9 Å². The Kier molecular flexibility index (Phi) is 3.93. The lowest BCUT2D eigenvalue weighted by atomic mass is 9.89. The van der Waals surface area contributed by atoms with E-state index < -0.39 is 0 Å². The number of quaternary nitrogens is 1. The zero-order chi connectivity index (χ0) is 19.3. The molecule has 0 unspecified atom stereocenters. The minimum Gasteiger partial charge on any atom is -0.504 e. The van der Waals surface area contributed by atoms with Gasteiger partial charge in [-0.15, -0.1) is 0 Å². The number of nitrogens with zero attached hydrogens (tertiary/aromatic N) is 1. The molecular formula is C22H24NO4+. The van der Waals surface area contributed by atoms with Gasteiger partial charge in [-0.1, -0.05) is 6.07 Å². The van der Waals surface area contributed by atoms with Gasteiger partial charge in [0.25, 0.3) is 0 Å². The number of aromatic hydroxyl groups is 1. The smallest absolute Gasteiger partial charge is 0.161 e. The van der Waals surface area contributed by atoms with Crippen LogP contribution in [0.25, 0.3) is 21.9 Å². The molecule has 1 heterocycles. The van der Waals surface area contributed by atoms with Crippen molar-refractivity contribution in [2.45, 2.75) is 6.54 Å². The fourth-order valence-electron chi connectivity index (χ4n) is 4.17. The number of phenols is 1. The van der Waals surface area contributed by atoms with E-state index in [0.29, 0.717) is 10.2 Å². The summed E-state index contributed by atoms with van der Waals surface area (Å²) in [7, 11) is 9.27.